The molecule has 0 aromatic heterocycles. The number of hydrogen-bond donors (Lipinski definition) is 3. The highest BCUT2D eigenvalue weighted by atomic mass is 31.2. The Hall–Kier alpha value is -0.300. The van der Waals surface area contributed by atoms with Gasteiger partial charge in [-0.25, -0.2) is 0 Å². The van der Waals surface area contributed by atoms with Crippen molar-refractivity contribution in [3.63, 3.8) is 0 Å². The van der Waals surface area contributed by atoms with E-state index in [1.165, 1.54) is 27.7 Å². The van der Waals surface area contributed by atoms with E-state index in [2.05, 4.69) is 0 Å². The largest absolute Gasteiger partial charge is 0.347 e. The molecule has 0 saturated carbocycles. The van der Waals surface area contributed by atoms with Crippen LogP contribution in [-0.4, -0.2) is 36.6 Å². The van der Waals surface area contributed by atoms with Gasteiger partial charge < -0.3 is 14.7 Å². The fourth-order valence-electron chi connectivity index (χ4n) is 3.93. The smallest absolute Gasteiger partial charge is 0.324 e. The van der Waals surface area contributed by atoms with E-state index in [4.69, 9.17) is 4.52 Å². The van der Waals surface area contributed by atoms with Crippen LogP contribution in [0.1, 0.15) is 55.4 Å². The molecule has 0 amide bonds. The van der Waals surface area contributed by atoms with E-state index >= 15 is 0 Å². The predicted molar refractivity (Wildman–Crippen MR) is 99.6 cm³/mol. The molecule has 0 aliphatic heterocycles. The standard InChI is InChI=1S/C15H33NO8P2/c1-10(2)14(11(3)4,9-16(17)18)24-26(22,23)15(12(5)6,13(7)8)25(19,20)21/h10-13H,9H2,1-8H3,(H,22,23)(H2,19,20,21). The van der Waals surface area contributed by atoms with Gasteiger partial charge in [-0.05, 0) is 23.7 Å². The van der Waals surface area contributed by atoms with Crippen molar-refractivity contribution in [2.45, 2.75) is 65.9 Å². The van der Waals surface area contributed by atoms with Crippen molar-refractivity contribution in [3.05, 3.63) is 10.1 Å². The average molecular weight is 417 g/mol. The quantitative estimate of drug-likeness (QED) is 0.277. The molecule has 26 heavy (non-hydrogen) atoms. The molecule has 0 aromatic rings. The van der Waals surface area contributed by atoms with Gasteiger partial charge in [0, 0.05) is 4.92 Å². The van der Waals surface area contributed by atoms with Crippen molar-refractivity contribution in [3.8, 4) is 0 Å². The second-order valence-corrected chi connectivity index (χ2v) is 12.1. The molecule has 0 heterocycles. The molecule has 0 rings (SSSR count). The van der Waals surface area contributed by atoms with E-state index in [0.29, 0.717) is 0 Å². The second-order valence-electron chi connectivity index (χ2n) is 8.00. The van der Waals surface area contributed by atoms with E-state index < -0.39 is 60.8 Å². The van der Waals surface area contributed by atoms with E-state index in [9.17, 15) is 33.9 Å². The van der Waals surface area contributed by atoms with E-state index in [1.54, 1.807) is 27.7 Å². The van der Waals surface area contributed by atoms with E-state index in [0.717, 1.165) is 0 Å². The molecule has 0 fully saturated rings. The maximum atomic E-state index is 13.4. The van der Waals surface area contributed by atoms with Crippen LogP contribution in [0.2, 0.25) is 0 Å². The first kappa shape index (κ1) is 25.7. The number of rotatable bonds is 10. The Balaban J connectivity index is 6.69. The number of nitrogens with zero attached hydrogens (tertiary/aromatic N) is 1. The first-order chi connectivity index (χ1) is 11.4. The van der Waals surface area contributed by atoms with Crippen LogP contribution >= 0.6 is 15.2 Å². The molecular formula is C15H33NO8P2. The molecule has 3 N–H and O–H groups in total. The van der Waals surface area contributed by atoms with Crippen LogP contribution < -0.4 is 0 Å². The normalized spacial score (nSPS) is 16.6. The summed E-state index contributed by atoms with van der Waals surface area (Å²) in [5.74, 6) is -2.90. The van der Waals surface area contributed by atoms with Crippen molar-refractivity contribution in [2.75, 3.05) is 6.54 Å². The molecule has 0 saturated heterocycles. The summed E-state index contributed by atoms with van der Waals surface area (Å²) < 4.78 is 31.3. The van der Waals surface area contributed by atoms with Gasteiger partial charge in [-0.1, -0.05) is 55.4 Å². The monoisotopic (exact) mass is 417 g/mol. The lowest BCUT2D eigenvalue weighted by Crippen LogP contribution is -2.51. The van der Waals surface area contributed by atoms with Gasteiger partial charge in [0.25, 0.3) is 0 Å². The molecule has 0 spiro atoms. The highest BCUT2D eigenvalue weighted by molar-refractivity contribution is 7.73. The molecule has 156 valence electrons. The lowest BCUT2D eigenvalue weighted by Gasteiger charge is -2.47. The zero-order valence-corrected chi connectivity index (χ0v) is 18.5. The Kier molecular flexibility index (Phi) is 8.28. The summed E-state index contributed by atoms with van der Waals surface area (Å²) in [6, 6.07) is 0. The fraction of sp³-hybridized carbons (Fsp3) is 1.00. The third-order valence-corrected chi connectivity index (χ3v) is 11.3. The minimum absolute atomic E-state index is 0.540. The summed E-state index contributed by atoms with van der Waals surface area (Å²) >= 11 is 0. The van der Waals surface area contributed by atoms with Crippen molar-refractivity contribution >= 4 is 15.2 Å². The van der Waals surface area contributed by atoms with Crippen molar-refractivity contribution < 1.29 is 33.3 Å². The Morgan fingerprint density at radius 2 is 1.23 bits per heavy atom. The third-order valence-electron chi connectivity index (χ3n) is 5.24. The van der Waals surface area contributed by atoms with Gasteiger partial charge in [0.1, 0.15) is 5.60 Å². The predicted octanol–water partition coefficient (Wildman–Crippen LogP) is 3.70. The summed E-state index contributed by atoms with van der Waals surface area (Å²) in [5.41, 5.74) is -1.65. The van der Waals surface area contributed by atoms with Gasteiger partial charge in [-0.2, -0.15) is 0 Å². The first-order valence-corrected chi connectivity index (χ1v) is 11.8. The SMILES string of the molecule is CC(C)C(C[N+](=O)[O-])(OP(=O)(O)C(C(C)C)(C(C)C)P(=O)(O)O)C(C)C. The van der Waals surface area contributed by atoms with Gasteiger partial charge in [0.2, 0.25) is 6.54 Å². The molecule has 11 heteroatoms. The van der Waals surface area contributed by atoms with E-state index in [-0.39, 0.29) is 0 Å². The summed E-state index contributed by atoms with van der Waals surface area (Å²) in [6.07, 6.45) is 0. The summed E-state index contributed by atoms with van der Waals surface area (Å²) in [4.78, 5) is 39.1. The Bertz CT molecular complexity index is 580. The highest BCUT2D eigenvalue weighted by Crippen LogP contribution is 2.78. The minimum atomic E-state index is -5.13. The molecule has 0 bridgehead atoms. The summed E-state index contributed by atoms with van der Waals surface area (Å²) in [6.45, 7) is 11.5. The van der Waals surface area contributed by atoms with Crippen molar-refractivity contribution in [1.29, 1.82) is 0 Å². The molecule has 0 aliphatic rings. The second kappa shape index (κ2) is 8.38. The van der Waals surface area contributed by atoms with Gasteiger partial charge in [0.05, 0.1) is 0 Å². The van der Waals surface area contributed by atoms with Crippen molar-refractivity contribution in [2.24, 2.45) is 23.7 Å². The first-order valence-electron chi connectivity index (χ1n) is 8.61. The van der Waals surface area contributed by atoms with Crippen LogP contribution in [0, 0.1) is 33.8 Å². The van der Waals surface area contributed by atoms with Crippen LogP contribution in [0.4, 0.5) is 0 Å². The molecular weight excluding hydrogens is 384 g/mol. The molecule has 9 nitrogen and oxygen atoms in total. The fourth-order valence-corrected chi connectivity index (χ4v) is 9.11. The molecule has 1 unspecified atom stereocenters. The highest BCUT2D eigenvalue weighted by Gasteiger charge is 2.67. The third kappa shape index (κ3) is 4.40. The zero-order valence-electron chi connectivity index (χ0n) is 16.7. The lowest BCUT2D eigenvalue weighted by atomic mass is 9.80. The summed E-state index contributed by atoms with van der Waals surface area (Å²) in [7, 11) is -10.1. The topological polar surface area (TPSA) is 147 Å². The lowest BCUT2D eigenvalue weighted by molar-refractivity contribution is -0.504. The minimum Gasteiger partial charge on any atom is -0.324 e. The zero-order chi connectivity index (χ0) is 21.3. The summed E-state index contributed by atoms with van der Waals surface area (Å²) in [5, 5.41) is 11.2. The molecule has 0 aromatic carbocycles. The Morgan fingerprint density at radius 1 is 0.885 bits per heavy atom. The number of nitro groups is 1. The van der Waals surface area contributed by atoms with Gasteiger partial charge in [-0.3, -0.25) is 23.8 Å². The Labute approximate surface area is 155 Å². The van der Waals surface area contributed by atoms with Crippen LogP contribution in [-0.2, 0) is 13.7 Å². The molecule has 1 atom stereocenters. The average Bonchev–Trinajstić information content (AvgIpc) is 2.32. The molecule has 0 aliphatic carbocycles. The molecule has 0 radical (unpaired) electrons. The maximum absolute atomic E-state index is 13.4. The van der Waals surface area contributed by atoms with Crippen molar-refractivity contribution in [1.82, 2.24) is 0 Å². The van der Waals surface area contributed by atoms with E-state index in [1.807, 2.05) is 0 Å². The Morgan fingerprint density at radius 3 is 1.42 bits per heavy atom. The van der Waals surface area contributed by atoms with Crippen LogP contribution in [0.3, 0.4) is 0 Å². The van der Waals surface area contributed by atoms with Crippen LogP contribution in [0.5, 0.6) is 0 Å². The van der Waals surface area contributed by atoms with Crippen LogP contribution in [0.25, 0.3) is 0 Å². The van der Waals surface area contributed by atoms with Gasteiger partial charge in [-0.15, -0.1) is 0 Å². The van der Waals surface area contributed by atoms with Gasteiger partial charge >= 0.3 is 15.2 Å². The maximum Gasteiger partial charge on any atom is 0.347 e. The number of hydrogen-bond acceptors (Lipinski definition) is 5. The van der Waals surface area contributed by atoms with Gasteiger partial charge in [0.15, 0.2) is 4.90 Å². The van der Waals surface area contributed by atoms with Crippen LogP contribution in [0.15, 0.2) is 0 Å².